The number of hydrogen-bond acceptors (Lipinski definition) is 6. The smallest absolute Gasteiger partial charge is 0.163 e. The summed E-state index contributed by atoms with van der Waals surface area (Å²) < 4.78 is 11.6. The number of nitrogens with one attached hydrogen (secondary N) is 1. The molecule has 168 valence electrons. The van der Waals surface area contributed by atoms with Crippen LogP contribution in [0.1, 0.15) is 0 Å². The lowest BCUT2D eigenvalue weighted by Crippen LogP contribution is -2.08. The molecule has 5 aromatic rings. The Labute approximate surface area is 198 Å². The Hall–Kier alpha value is -4.45. The van der Waals surface area contributed by atoms with Gasteiger partial charge >= 0.3 is 0 Å². The molecule has 5 rings (SSSR count). The van der Waals surface area contributed by atoms with Gasteiger partial charge in [-0.2, -0.15) is 0 Å². The fourth-order valence-corrected chi connectivity index (χ4v) is 3.72. The lowest BCUT2D eigenvalue weighted by molar-refractivity contribution is 0.217. The molecule has 34 heavy (non-hydrogen) atoms. The van der Waals surface area contributed by atoms with Crippen LogP contribution in [0, 0.1) is 0 Å². The van der Waals surface area contributed by atoms with E-state index in [0.717, 1.165) is 44.9 Å². The maximum atomic E-state index is 5.92. The molecule has 6 nitrogen and oxygen atoms in total. The van der Waals surface area contributed by atoms with Crippen molar-refractivity contribution in [2.75, 3.05) is 25.6 Å². The number of nitrogens with zero attached hydrogens (tertiary/aromatic N) is 3. The predicted octanol–water partition coefficient (Wildman–Crippen LogP) is 5.86. The van der Waals surface area contributed by atoms with Crippen molar-refractivity contribution in [2.24, 2.45) is 0 Å². The molecule has 0 saturated heterocycles. The van der Waals surface area contributed by atoms with E-state index in [1.54, 1.807) is 12.4 Å². The van der Waals surface area contributed by atoms with E-state index < -0.39 is 0 Å². The molecule has 0 radical (unpaired) electrons. The van der Waals surface area contributed by atoms with E-state index in [9.17, 15) is 0 Å². The van der Waals surface area contributed by atoms with Crippen molar-refractivity contribution >= 4 is 16.7 Å². The van der Waals surface area contributed by atoms with Gasteiger partial charge in [0.2, 0.25) is 0 Å². The molecule has 0 saturated carbocycles. The average Bonchev–Trinajstić information content (AvgIpc) is 2.91. The van der Waals surface area contributed by atoms with Crippen LogP contribution in [0.25, 0.3) is 33.4 Å². The summed E-state index contributed by atoms with van der Waals surface area (Å²) in [6.07, 6.45) is 3.51. The summed E-state index contributed by atoms with van der Waals surface area (Å²) in [7, 11) is 1.87. The van der Waals surface area contributed by atoms with E-state index in [2.05, 4.69) is 28.5 Å². The second-order valence-electron chi connectivity index (χ2n) is 7.66. The van der Waals surface area contributed by atoms with Crippen LogP contribution >= 0.6 is 0 Å². The summed E-state index contributed by atoms with van der Waals surface area (Å²) in [4.78, 5) is 13.6. The molecule has 2 heterocycles. The fourth-order valence-electron chi connectivity index (χ4n) is 3.72. The summed E-state index contributed by atoms with van der Waals surface area (Å²) >= 11 is 0. The predicted molar refractivity (Wildman–Crippen MR) is 135 cm³/mol. The highest BCUT2D eigenvalue weighted by atomic mass is 16.5. The Balaban J connectivity index is 1.35. The molecule has 0 atom stereocenters. The number of hydrogen-bond donors (Lipinski definition) is 1. The number of benzene rings is 3. The van der Waals surface area contributed by atoms with Crippen molar-refractivity contribution in [1.29, 1.82) is 0 Å². The third-order valence-electron chi connectivity index (χ3n) is 5.38. The van der Waals surface area contributed by atoms with Crippen molar-refractivity contribution < 1.29 is 9.47 Å². The van der Waals surface area contributed by atoms with Crippen molar-refractivity contribution in [3.05, 3.63) is 97.3 Å². The second kappa shape index (κ2) is 10.0. The van der Waals surface area contributed by atoms with Crippen molar-refractivity contribution in [3.63, 3.8) is 0 Å². The molecular formula is C28H24N4O2. The third kappa shape index (κ3) is 4.81. The summed E-state index contributed by atoms with van der Waals surface area (Å²) in [6, 6.07) is 27.8. The maximum Gasteiger partial charge on any atom is 0.163 e. The van der Waals surface area contributed by atoms with Gasteiger partial charge in [-0.15, -0.1) is 0 Å². The van der Waals surface area contributed by atoms with E-state index in [1.165, 1.54) is 0 Å². The minimum atomic E-state index is 0.463. The van der Waals surface area contributed by atoms with Crippen molar-refractivity contribution in [3.8, 4) is 34.0 Å². The van der Waals surface area contributed by atoms with Crippen LogP contribution in [-0.2, 0) is 0 Å². The van der Waals surface area contributed by atoms with Crippen LogP contribution in [-0.4, -0.2) is 35.2 Å². The minimum absolute atomic E-state index is 0.463. The first-order chi connectivity index (χ1) is 16.8. The van der Waals surface area contributed by atoms with E-state index in [4.69, 9.17) is 19.4 Å². The zero-order valence-electron chi connectivity index (χ0n) is 18.8. The van der Waals surface area contributed by atoms with Crippen LogP contribution < -0.4 is 14.8 Å². The number of ether oxygens (including phenoxy) is 2. The number of pyridine rings is 1. The molecule has 0 bridgehead atoms. The van der Waals surface area contributed by atoms with Gasteiger partial charge in [0.1, 0.15) is 30.5 Å². The molecule has 0 aliphatic heterocycles. The molecule has 0 aliphatic rings. The summed E-state index contributed by atoms with van der Waals surface area (Å²) in [6.45, 7) is 0.942. The highest BCUT2D eigenvalue weighted by Gasteiger charge is 2.11. The number of fused-ring (bicyclic) bond motifs is 1. The molecule has 0 fully saturated rings. The normalized spacial score (nSPS) is 10.7. The zero-order valence-corrected chi connectivity index (χ0v) is 18.8. The van der Waals surface area contributed by atoms with Gasteiger partial charge in [0, 0.05) is 30.4 Å². The molecule has 0 spiro atoms. The molecule has 3 aromatic carbocycles. The van der Waals surface area contributed by atoms with Crippen molar-refractivity contribution in [2.45, 2.75) is 0 Å². The van der Waals surface area contributed by atoms with E-state index in [1.807, 2.05) is 73.8 Å². The Morgan fingerprint density at radius 2 is 1.47 bits per heavy atom. The Bertz CT molecular complexity index is 1390. The second-order valence-corrected chi connectivity index (χ2v) is 7.66. The molecule has 0 aliphatic carbocycles. The molecule has 6 heteroatoms. The van der Waals surface area contributed by atoms with E-state index in [-0.39, 0.29) is 0 Å². The number of aromatic nitrogens is 3. The molecule has 0 unspecified atom stereocenters. The summed E-state index contributed by atoms with van der Waals surface area (Å²) in [5.74, 6) is 3.05. The van der Waals surface area contributed by atoms with Crippen LogP contribution in [0.3, 0.4) is 0 Å². The Kier molecular flexibility index (Phi) is 6.29. The minimum Gasteiger partial charge on any atom is -0.490 e. The van der Waals surface area contributed by atoms with E-state index >= 15 is 0 Å². The fraction of sp³-hybridized carbons (Fsp3) is 0.107. The van der Waals surface area contributed by atoms with Crippen molar-refractivity contribution in [1.82, 2.24) is 15.0 Å². The first-order valence-corrected chi connectivity index (χ1v) is 11.1. The average molecular weight is 449 g/mol. The summed E-state index contributed by atoms with van der Waals surface area (Å²) in [5, 5.41) is 4.16. The lowest BCUT2D eigenvalue weighted by Gasteiger charge is -2.12. The quantitative estimate of drug-likeness (QED) is 0.300. The lowest BCUT2D eigenvalue weighted by atomic mass is 10.0. The summed E-state index contributed by atoms with van der Waals surface area (Å²) in [5.41, 5.74) is 3.87. The molecule has 2 aromatic heterocycles. The highest BCUT2D eigenvalue weighted by Crippen LogP contribution is 2.30. The van der Waals surface area contributed by atoms with Gasteiger partial charge in [0.15, 0.2) is 5.82 Å². The van der Waals surface area contributed by atoms with E-state index in [0.29, 0.717) is 19.0 Å². The van der Waals surface area contributed by atoms with Gasteiger partial charge < -0.3 is 14.8 Å². The van der Waals surface area contributed by atoms with Gasteiger partial charge in [-0.25, -0.2) is 9.97 Å². The molecule has 1 N–H and O–H groups in total. The van der Waals surface area contributed by atoms with Gasteiger partial charge in [0.25, 0.3) is 0 Å². The monoisotopic (exact) mass is 448 g/mol. The van der Waals surface area contributed by atoms with Crippen LogP contribution in [0.2, 0.25) is 0 Å². The van der Waals surface area contributed by atoms with Gasteiger partial charge in [-0.05, 0) is 59.7 Å². The third-order valence-corrected chi connectivity index (χ3v) is 5.38. The van der Waals surface area contributed by atoms with Crippen LogP contribution in [0.4, 0.5) is 5.82 Å². The van der Waals surface area contributed by atoms with Gasteiger partial charge in [-0.3, -0.25) is 4.98 Å². The number of anilines is 1. The highest BCUT2D eigenvalue weighted by molar-refractivity contribution is 5.94. The largest absolute Gasteiger partial charge is 0.490 e. The van der Waals surface area contributed by atoms with Crippen LogP contribution in [0.5, 0.6) is 11.5 Å². The van der Waals surface area contributed by atoms with Gasteiger partial charge in [-0.1, -0.05) is 36.4 Å². The Morgan fingerprint density at radius 1 is 0.706 bits per heavy atom. The standard InChI is InChI=1S/C28H24N4O2/c1-29-28-25-18-21(12-13-26(25)31-27(32-28)22-8-6-14-30-19-22)20-7-5-11-24(17-20)34-16-15-33-23-9-3-2-4-10-23/h2-14,17-19H,15-16H2,1H3,(H,29,31,32). The van der Waals surface area contributed by atoms with Gasteiger partial charge in [0.05, 0.1) is 5.52 Å². The zero-order chi connectivity index (χ0) is 23.2. The Morgan fingerprint density at radius 3 is 2.26 bits per heavy atom. The topological polar surface area (TPSA) is 69.2 Å². The molecule has 0 amide bonds. The van der Waals surface area contributed by atoms with Crippen LogP contribution in [0.15, 0.2) is 97.3 Å². The number of para-hydroxylation sites is 1. The first kappa shape index (κ1) is 21.4. The maximum absolute atomic E-state index is 5.92. The number of rotatable bonds is 8. The molecular weight excluding hydrogens is 424 g/mol. The first-order valence-electron chi connectivity index (χ1n) is 11.1. The SMILES string of the molecule is CNc1nc(-c2cccnc2)nc2ccc(-c3cccc(OCCOc4ccccc4)c3)cc12.